The summed E-state index contributed by atoms with van der Waals surface area (Å²) in [5.41, 5.74) is 0. The summed E-state index contributed by atoms with van der Waals surface area (Å²) < 4.78 is 5.25. The van der Waals surface area contributed by atoms with Crippen LogP contribution in [0.5, 0.6) is 0 Å². The summed E-state index contributed by atoms with van der Waals surface area (Å²) in [4.78, 5) is 13.2. The van der Waals surface area contributed by atoms with Gasteiger partial charge >= 0.3 is 0 Å². The number of hydrogen-bond donors (Lipinski definition) is 2. The summed E-state index contributed by atoms with van der Waals surface area (Å²) in [6, 6.07) is 0. The molecule has 5 nitrogen and oxygen atoms in total. The van der Waals surface area contributed by atoms with Gasteiger partial charge in [0.15, 0.2) is 6.35 Å². The molecular formula is C10H21N3O2. The van der Waals surface area contributed by atoms with Crippen LogP contribution in [-0.4, -0.2) is 50.4 Å². The van der Waals surface area contributed by atoms with E-state index >= 15 is 0 Å². The van der Waals surface area contributed by atoms with Gasteiger partial charge in [0.25, 0.3) is 0 Å². The average molecular weight is 215 g/mol. The van der Waals surface area contributed by atoms with Gasteiger partial charge in [0.1, 0.15) is 0 Å². The third kappa shape index (κ3) is 4.15. The van der Waals surface area contributed by atoms with E-state index in [-0.39, 0.29) is 12.3 Å². The molecule has 1 amide bonds. The second-order valence-electron chi connectivity index (χ2n) is 3.64. The van der Waals surface area contributed by atoms with E-state index in [1.807, 2.05) is 6.92 Å². The van der Waals surface area contributed by atoms with E-state index in [2.05, 4.69) is 15.5 Å². The molecule has 1 unspecified atom stereocenters. The number of amides is 1. The van der Waals surface area contributed by atoms with Crippen molar-refractivity contribution in [1.82, 2.24) is 15.5 Å². The summed E-state index contributed by atoms with van der Waals surface area (Å²) in [7, 11) is 1.70. The minimum atomic E-state index is 0.0480. The van der Waals surface area contributed by atoms with Crippen molar-refractivity contribution in [2.45, 2.75) is 26.1 Å². The summed E-state index contributed by atoms with van der Waals surface area (Å²) in [5.74, 6) is 0.123. The van der Waals surface area contributed by atoms with Gasteiger partial charge in [-0.25, -0.2) is 0 Å². The molecule has 0 saturated carbocycles. The fourth-order valence-electron chi connectivity index (χ4n) is 1.67. The Morgan fingerprint density at radius 3 is 3.13 bits per heavy atom. The van der Waals surface area contributed by atoms with Gasteiger partial charge < -0.3 is 10.1 Å². The molecule has 1 saturated heterocycles. The Kier molecular flexibility index (Phi) is 5.60. The van der Waals surface area contributed by atoms with E-state index in [0.29, 0.717) is 6.42 Å². The molecule has 5 heteroatoms. The fraction of sp³-hybridized carbons (Fsp3) is 0.900. The van der Waals surface area contributed by atoms with Crippen LogP contribution in [0.2, 0.25) is 0 Å². The Labute approximate surface area is 91.2 Å². The summed E-state index contributed by atoms with van der Waals surface area (Å²) in [6.07, 6.45) is 1.58. The number of rotatable bonds is 6. The minimum absolute atomic E-state index is 0.0480. The molecular weight excluding hydrogens is 194 g/mol. The number of ether oxygens (including phenoxy) is 1. The first-order valence-electron chi connectivity index (χ1n) is 5.55. The number of nitrogens with zero attached hydrogens (tertiary/aromatic N) is 1. The lowest BCUT2D eigenvalue weighted by atomic mass is 10.3. The third-order valence-corrected chi connectivity index (χ3v) is 2.54. The SMILES string of the molecule is CCC(=O)NCCCN1CCNC1OC. The van der Waals surface area contributed by atoms with Gasteiger partial charge in [0.2, 0.25) is 5.91 Å². The van der Waals surface area contributed by atoms with Gasteiger partial charge in [-0.3, -0.25) is 15.0 Å². The van der Waals surface area contributed by atoms with E-state index in [4.69, 9.17) is 4.74 Å². The zero-order valence-electron chi connectivity index (χ0n) is 9.58. The maximum absolute atomic E-state index is 11.0. The number of methoxy groups -OCH3 is 1. The van der Waals surface area contributed by atoms with Crippen molar-refractivity contribution in [3.05, 3.63) is 0 Å². The molecule has 0 radical (unpaired) electrons. The lowest BCUT2D eigenvalue weighted by Gasteiger charge is -2.22. The smallest absolute Gasteiger partial charge is 0.219 e. The Bertz CT molecular complexity index is 199. The van der Waals surface area contributed by atoms with E-state index in [1.165, 1.54) is 0 Å². The van der Waals surface area contributed by atoms with Crippen LogP contribution in [0.25, 0.3) is 0 Å². The van der Waals surface area contributed by atoms with Gasteiger partial charge in [-0.1, -0.05) is 6.92 Å². The van der Waals surface area contributed by atoms with Gasteiger partial charge in [-0.05, 0) is 6.42 Å². The Morgan fingerprint density at radius 1 is 1.67 bits per heavy atom. The highest BCUT2D eigenvalue weighted by molar-refractivity contribution is 5.75. The van der Waals surface area contributed by atoms with Crippen molar-refractivity contribution in [3.8, 4) is 0 Å². The Morgan fingerprint density at radius 2 is 2.47 bits per heavy atom. The Balaban J connectivity index is 2.06. The monoisotopic (exact) mass is 215 g/mol. The van der Waals surface area contributed by atoms with Crippen molar-refractivity contribution < 1.29 is 9.53 Å². The standard InChI is InChI=1S/C10H21N3O2/c1-3-9(14)11-5-4-7-13-8-6-12-10(13)15-2/h10,12H,3-8H2,1-2H3,(H,11,14). The molecule has 0 aromatic heterocycles. The van der Waals surface area contributed by atoms with Crippen LogP contribution in [-0.2, 0) is 9.53 Å². The van der Waals surface area contributed by atoms with Crippen molar-refractivity contribution >= 4 is 5.91 Å². The molecule has 0 bridgehead atoms. The second-order valence-corrected chi connectivity index (χ2v) is 3.64. The van der Waals surface area contributed by atoms with E-state index < -0.39 is 0 Å². The molecule has 1 aliphatic heterocycles. The molecule has 1 heterocycles. The van der Waals surface area contributed by atoms with Crippen LogP contribution in [0.15, 0.2) is 0 Å². The maximum Gasteiger partial charge on any atom is 0.219 e. The number of carbonyl (C=O) groups is 1. The lowest BCUT2D eigenvalue weighted by Crippen LogP contribution is -2.38. The van der Waals surface area contributed by atoms with Crippen LogP contribution in [0.3, 0.4) is 0 Å². The number of hydrogen-bond acceptors (Lipinski definition) is 4. The first kappa shape index (κ1) is 12.4. The van der Waals surface area contributed by atoms with Crippen LogP contribution in [0.1, 0.15) is 19.8 Å². The normalized spacial score (nSPS) is 21.9. The minimum Gasteiger partial charge on any atom is -0.356 e. The fourth-order valence-corrected chi connectivity index (χ4v) is 1.67. The van der Waals surface area contributed by atoms with Crippen LogP contribution >= 0.6 is 0 Å². The summed E-state index contributed by atoms with van der Waals surface area (Å²) in [6.45, 7) is 5.55. The van der Waals surface area contributed by atoms with Gasteiger partial charge in [0.05, 0.1) is 0 Å². The van der Waals surface area contributed by atoms with Gasteiger partial charge in [-0.2, -0.15) is 0 Å². The molecule has 1 fully saturated rings. The number of nitrogens with one attached hydrogen (secondary N) is 2. The van der Waals surface area contributed by atoms with Crippen molar-refractivity contribution in [3.63, 3.8) is 0 Å². The lowest BCUT2D eigenvalue weighted by molar-refractivity contribution is -0.120. The second kappa shape index (κ2) is 6.76. The molecule has 15 heavy (non-hydrogen) atoms. The number of carbonyl (C=O) groups excluding carboxylic acids is 1. The topological polar surface area (TPSA) is 53.6 Å². The van der Waals surface area contributed by atoms with Crippen molar-refractivity contribution in [1.29, 1.82) is 0 Å². The maximum atomic E-state index is 11.0. The summed E-state index contributed by atoms with van der Waals surface area (Å²) in [5, 5.41) is 6.10. The predicted molar refractivity (Wildman–Crippen MR) is 58.3 cm³/mol. The van der Waals surface area contributed by atoms with Crippen LogP contribution in [0, 0.1) is 0 Å². The summed E-state index contributed by atoms with van der Waals surface area (Å²) >= 11 is 0. The van der Waals surface area contributed by atoms with Gasteiger partial charge in [0, 0.05) is 39.7 Å². The molecule has 0 aliphatic carbocycles. The van der Waals surface area contributed by atoms with Gasteiger partial charge in [-0.15, -0.1) is 0 Å². The van der Waals surface area contributed by atoms with Crippen molar-refractivity contribution in [2.75, 3.05) is 33.3 Å². The van der Waals surface area contributed by atoms with E-state index in [0.717, 1.165) is 32.6 Å². The first-order chi connectivity index (χ1) is 7.27. The zero-order chi connectivity index (χ0) is 11.1. The van der Waals surface area contributed by atoms with E-state index in [1.54, 1.807) is 7.11 Å². The highest BCUT2D eigenvalue weighted by Gasteiger charge is 2.22. The highest BCUT2D eigenvalue weighted by atomic mass is 16.5. The molecule has 1 rings (SSSR count). The molecule has 0 aromatic rings. The predicted octanol–water partition coefficient (Wildman–Crippen LogP) is -0.262. The molecule has 1 aliphatic rings. The Hall–Kier alpha value is -0.650. The highest BCUT2D eigenvalue weighted by Crippen LogP contribution is 2.03. The average Bonchev–Trinajstić information content (AvgIpc) is 2.71. The first-order valence-corrected chi connectivity index (χ1v) is 5.55. The van der Waals surface area contributed by atoms with Crippen molar-refractivity contribution in [2.24, 2.45) is 0 Å². The van der Waals surface area contributed by atoms with E-state index in [9.17, 15) is 4.79 Å². The third-order valence-electron chi connectivity index (χ3n) is 2.54. The van der Waals surface area contributed by atoms with Crippen LogP contribution < -0.4 is 10.6 Å². The zero-order valence-corrected chi connectivity index (χ0v) is 9.58. The largest absolute Gasteiger partial charge is 0.356 e. The van der Waals surface area contributed by atoms with Crippen LogP contribution in [0.4, 0.5) is 0 Å². The molecule has 2 N–H and O–H groups in total. The molecule has 88 valence electrons. The quantitative estimate of drug-likeness (QED) is 0.599. The molecule has 1 atom stereocenters. The molecule has 0 aromatic carbocycles. The molecule has 0 spiro atoms.